The molecule has 1 aromatic carbocycles. The Morgan fingerprint density at radius 1 is 1.24 bits per heavy atom. The zero-order valence-electron chi connectivity index (χ0n) is 12.0. The van der Waals surface area contributed by atoms with Crippen molar-refractivity contribution in [3.8, 4) is 0 Å². The van der Waals surface area contributed by atoms with E-state index in [0.717, 1.165) is 11.1 Å². The van der Waals surface area contributed by atoms with Crippen molar-refractivity contribution in [2.45, 2.75) is 20.4 Å². The molecule has 0 atom stereocenters. The molecule has 0 bridgehead atoms. The van der Waals surface area contributed by atoms with E-state index in [-0.39, 0.29) is 5.56 Å². The lowest BCUT2D eigenvalue weighted by molar-refractivity contribution is 0.743. The summed E-state index contributed by atoms with van der Waals surface area (Å²) in [6, 6.07) is 11.5. The van der Waals surface area contributed by atoms with Crippen LogP contribution in [0.5, 0.6) is 0 Å². The molecule has 1 N–H and O–H groups in total. The smallest absolute Gasteiger partial charge is 0.255 e. The zero-order chi connectivity index (χ0) is 14.8. The number of para-hydroxylation sites is 1. The van der Waals surface area contributed by atoms with E-state index < -0.39 is 0 Å². The van der Waals surface area contributed by atoms with Crippen molar-refractivity contribution in [3.63, 3.8) is 0 Å². The van der Waals surface area contributed by atoms with Gasteiger partial charge in [0, 0.05) is 29.4 Å². The van der Waals surface area contributed by atoms with Crippen LogP contribution in [0, 0.1) is 6.92 Å². The van der Waals surface area contributed by atoms with E-state index in [0.29, 0.717) is 23.7 Å². The molecule has 0 radical (unpaired) electrons. The fourth-order valence-corrected chi connectivity index (χ4v) is 2.31. The van der Waals surface area contributed by atoms with Crippen molar-refractivity contribution in [2.24, 2.45) is 0 Å². The molecule has 0 aliphatic carbocycles. The molecule has 0 amide bonds. The zero-order valence-corrected chi connectivity index (χ0v) is 12.0. The molecule has 5 heteroatoms. The van der Waals surface area contributed by atoms with Gasteiger partial charge >= 0.3 is 0 Å². The molecule has 2 aromatic heterocycles. The molecule has 0 aliphatic heterocycles. The lowest BCUT2D eigenvalue weighted by Crippen LogP contribution is -2.22. The number of benzene rings is 1. The Morgan fingerprint density at radius 3 is 2.71 bits per heavy atom. The molecule has 3 aromatic rings. The first-order chi connectivity index (χ1) is 10.2. The molecule has 0 spiro atoms. The molecule has 0 saturated carbocycles. The van der Waals surface area contributed by atoms with Gasteiger partial charge in [0.05, 0.1) is 0 Å². The van der Waals surface area contributed by atoms with E-state index in [1.807, 2.05) is 50.2 Å². The average Bonchev–Trinajstić information content (AvgIpc) is 2.50. The minimum Gasteiger partial charge on any atom is -0.324 e. The van der Waals surface area contributed by atoms with Crippen LogP contribution in [0.3, 0.4) is 0 Å². The summed E-state index contributed by atoms with van der Waals surface area (Å²) in [6.45, 7) is 4.33. The van der Waals surface area contributed by atoms with E-state index >= 15 is 0 Å². The largest absolute Gasteiger partial charge is 0.324 e. The molecule has 2 heterocycles. The van der Waals surface area contributed by atoms with Crippen LogP contribution in [-0.4, -0.2) is 14.5 Å². The van der Waals surface area contributed by atoms with Gasteiger partial charge in [0.1, 0.15) is 5.65 Å². The third kappa shape index (κ3) is 2.50. The minimum atomic E-state index is -0.00522. The van der Waals surface area contributed by atoms with E-state index in [1.54, 1.807) is 10.8 Å². The van der Waals surface area contributed by atoms with Crippen LogP contribution in [0.25, 0.3) is 11.0 Å². The summed E-state index contributed by atoms with van der Waals surface area (Å²) in [4.78, 5) is 21.0. The van der Waals surface area contributed by atoms with Gasteiger partial charge in [0.15, 0.2) is 0 Å². The van der Waals surface area contributed by atoms with Gasteiger partial charge in [-0.2, -0.15) is 4.98 Å². The van der Waals surface area contributed by atoms with Gasteiger partial charge in [-0.3, -0.25) is 9.36 Å². The van der Waals surface area contributed by atoms with Crippen molar-refractivity contribution >= 4 is 22.7 Å². The third-order valence-electron chi connectivity index (χ3n) is 3.35. The molecule has 106 valence electrons. The van der Waals surface area contributed by atoms with Crippen LogP contribution >= 0.6 is 0 Å². The first-order valence-electron chi connectivity index (χ1n) is 6.88. The summed E-state index contributed by atoms with van der Waals surface area (Å²) in [5.74, 6) is 0.485. The first-order valence-corrected chi connectivity index (χ1v) is 6.88. The van der Waals surface area contributed by atoms with Crippen molar-refractivity contribution in [2.75, 3.05) is 5.32 Å². The first kappa shape index (κ1) is 13.3. The minimum absolute atomic E-state index is 0.00522. The number of aryl methyl sites for hydroxylation is 2. The second kappa shape index (κ2) is 5.36. The molecule has 0 unspecified atom stereocenters. The van der Waals surface area contributed by atoms with E-state index in [9.17, 15) is 4.79 Å². The third-order valence-corrected chi connectivity index (χ3v) is 3.35. The molecule has 0 aliphatic rings. The van der Waals surface area contributed by atoms with Gasteiger partial charge in [-0.15, -0.1) is 0 Å². The molecule has 0 fully saturated rings. The number of nitrogens with zero attached hydrogens (tertiary/aromatic N) is 3. The Kier molecular flexibility index (Phi) is 3.39. The average molecular weight is 280 g/mol. The highest BCUT2D eigenvalue weighted by Crippen LogP contribution is 2.16. The Hall–Kier alpha value is -2.69. The summed E-state index contributed by atoms with van der Waals surface area (Å²) >= 11 is 0. The summed E-state index contributed by atoms with van der Waals surface area (Å²) in [5.41, 5.74) is 2.27. The SMILES string of the molecule is CCn1c(=O)c(C)cc2cnc(Nc3ccccc3)nc21. The second-order valence-electron chi connectivity index (χ2n) is 4.84. The predicted octanol–water partition coefficient (Wildman–Crippen LogP) is 2.86. The van der Waals surface area contributed by atoms with Gasteiger partial charge in [0.25, 0.3) is 5.56 Å². The number of hydrogen-bond acceptors (Lipinski definition) is 4. The summed E-state index contributed by atoms with van der Waals surface area (Å²) in [6.07, 6.45) is 1.74. The summed E-state index contributed by atoms with van der Waals surface area (Å²) in [7, 11) is 0. The van der Waals surface area contributed by atoms with Crippen LogP contribution < -0.4 is 10.9 Å². The lowest BCUT2D eigenvalue weighted by atomic mass is 10.2. The highest BCUT2D eigenvalue weighted by molar-refractivity contribution is 5.76. The van der Waals surface area contributed by atoms with Gasteiger partial charge in [0.2, 0.25) is 5.95 Å². The number of nitrogens with one attached hydrogen (secondary N) is 1. The Balaban J connectivity index is 2.11. The van der Waals surface area contributed by atoms with E-state index in [4.69, 9.17) is 0 Å². The topological polar surface area (TPSA) is 59.8 Å². The Bertz CT molecular complexity index is 840. The molecular weight excluding hydrogens is 264 g/mol. The maximum absolute atomic E-state index is 12.2. The van der Waals surface area contributed by atoms with Gasteiger partial charge in [-0.1, -0.05) is 18.2 Å². The van der Waals surface area contributed by atoms with Crippen molar-refractivity contribution in [3.05, 3.63) is 58.5 Å². The fourth-order valence-electron chi connectivity index (χ4n) is 2.31. The summed E-state index contributed by atoms with van der Waals surface area (Å²) < 4.78 is 1.67. The van der Waals surface area contributed by atoms with Gasteiger partial charge in [-0.05, 0) is 32.0 Å². The maximum Gasteiger partial charge on any atom is 0.255 e. The quantitative estimate of drug-likeness (QED) is 0.801. The maximum atomic E-state index is 12.2. The number of anilines is 2. The Morgan fingerprint density at radius 2 is 2.00 bits per heavy atom. The van der Waals surface area contributed by atoms with Crippen LogP contribution in [0.1, 0.15) is 12.5 Å². The predicted molar refractivity (Wildman–Crippen MR) is 83.9 cm³/mol. The molecule has 3 rings (SSSR count). The number of pyridine rings is 1. The standard InChI is InChI=1S/C16H16N4O/c1-3-20-14-12(9-11(2)15(20)21)10-17-16(19-14)18-13-7-5-4-6-8-13/h4-10H,3H2,1-2H3,(H,17,18,19). The van der Waals surface area contributed by atoms with Crippen LogP contribution in [0.4, 0.5) is 11.6 Å². The monoisotopic (exact) mass is 280 g/mol. The molecular formula is C16H16N4O. The molecule has 21 heavy (non-hydrogen) atoms. The highest BCUT2D eigenvalue weighted by atomic mass is 16.1. The van der Waals surface area contributed by atoms with E-state index in [2.05, 4.69) is 15.3 Å². The highest BCUT2D eigenvalue weighted by Gasteiger charge is 2.08. The van der Waals surface area contributed by atoms with Crippen molar-refractivity contribution in [1.82, 2.24) is 14.5 Å². The van der Waals surface area contributed by atoms with Crippen LogP contribution in [0.15, 0.2) is 47.4 Å². The van der Waals surface area contributed by atoms with Crippen molar-refractivity contribution in [1.29, 1.82) is 0 Å². The van der Waals surface area contributed by atoms with Crippen LogP contribution in [0.2, 0.25) is 0 Å². The Labute approximate surface area is 122 Å². The van der Waals surface area contributed by atoms with Crippen LogP contribution in [-0.2, 0) is 6.54 Å². The second-order valence-corrected chi connectivity index (χ2v) is 4.84. The number of rotatable bonds is 3. The lowest BCUT2D eigenvalue weighted by Gasteiger charge is -2.10. The van der Waals surface area contributed by atoms with Gasteiger partial charge < -0.3 is 5.32 Å². The number of hydrogen-bond donors (Lipinski definition) is 1. The summed E-state index contributed by atoms with van der Waals surface area (Å²) in [5, 5.41) is 4.01. The van der Waals surface area contributed by atoms with Crippen molar-refractivity contribution < 1.29 is 0 Å². The number of fused-ring (bicyclic) bond motifs is 1. The fraction of sp³-hybridized carbons (Fsp3) is 0.188. The van der Waals surface area contributed by atoms with E-state index in [1.165, 1.54) is 0 Å². The number of aromatic nitrogens is 3. The normalized spacial score (nSPS) is 10.8. The molecule has 5 nitrogen and oxygen atoms in total. The van der Waals surface area contributed by atoms with Gasteiger partial charge in [-0.25, -0.2) is 4.98 Å². The molecule has 0 saturated heterocycles.